The average molecular weight is 267 g/mol. The smallest absolute Gasteiger partial charge is 0.0558 e. The number of thioether (sulfide) groups is 1. The van der Waals surface area contributed by atoms with Gasteiger partial charge >= 0.3 is 0 Å². The molecule has 18 heavy (non-hydrogen) atoms. The Labute approximate surface area is 115 Å². The standard InChI is InChI=1S/C15H25NOS/c1-3-4-9-16(10-12-17)11-13-18-15-7-5-14(2)6-8-15/h5-8,17H,3-4,9-13H2,1-2H3. The van der Waals surface area contributed by atoms with Crippen LogP contribution in [0.3, 0.4) is 0 Å². The van der Waals surface area contributed by atoms with Crippen molar-refractivity contribution in [2.24, 2.45) is 0 Å². The van der Waals surface area contributed by atoms with E-state index in [1.807, 2.05) is 11.8 Å². The van der Waals surface area contributed by atoms with E-state index in [2.05, 4.69) is 43.0 Å². The highest BCUT2D eigenvalue weighted by atomic mass is 32.2. The topological polar surface area (TPSA) is 23.5 Å². The molecule has 0 aliphatic heterocycles. The third-order valence-corrected chi connectivity index (χ3v) is 3.93. The molecule has 1 rings (SSSR count). The quantitative estimate of drug-likeness (QED) is 0.695. The number of rotatable bonds is 9. The molecule has 1 N–H and O–H groups in total. The van der Waals surface area contributed by atoms with Gasteiger partial charge < -0.3 is 10.0 Å². The lowest BCUT2D eigenvalue weighted by Crippen LogP contribution is -2.30. The van der Waals surface area contributed by atoms with Gasteiger partial charge in [0.15, 0.2) is 0 Å². The second-order valence-corrected chi connectivity index (χ2v) is 5.75. The summed E-state index contributed by atoms with van der Waals surface area (Å²) in [6.07, 6.45) is 2.43. The zero-order valence-electron chi connectivity index (χ0n) is 11.6. The van der Waals surface area contributed by atoms with E-state index in [-0.39, 0.29) is 6.61 Å². The molecule has 0 amide bonds. The fourth-order valence-corrected chi connectivity index (χ4v) is 2.70. The van der Waals surface area contributed by atoms with E-state index in [1.54, 1.807) is 0 Å². The van der Waals surface area contributed by atoms with Gasteiger partial charge in [0, 0.05) is 23.7 Å². The fourth-order valence-electron chi connectivity index (χ4n) is 1.79. The number of hydrogen-bond donors (Lipinski definition) is 1. The van der Waals surface area contributed by atoms with Gasteiger partial charge in [-0.1, -0.05) is 31.0 Å². The van der Waals surface area contributed by atoms with Crippen LogP contribution < -0.4 is 0 Å². The van der Waals surface area contributed by atoms with E-state index in [1.165, 1.54) is 23.3 Å². The summed E-state index contributed by atoms with van der Waals surface area (Å²) in [4.78, 5) is 3.69. The molecule has 0 aliphatic carbocycles. The van der Waals surface area contributed by atoms with Crippen LogP contribution in [0.1, 0.15) is 25.3 Å². The minimum absolute atomic E-state index is 0.263. The summed E-state index contributed by atoms with van der Waals surface area (Å²) in [5.74, 6) is 1.09. The number of aliphatic hydroxyl groups is 1. The Morgan fingerprint density at radius 3 is 2.44 bits per heavy atom. The lowest BCUT2D eigenvalue weighted by molar-refractivity contribution is 0.201. The molecule has 0 saturated heterocycles. The summed E-state index contributed by atoms with van der Waals surface area (Å²) in [7, 11) is 0. The van der Waals surface area contributed by atoms with Crippen LogP contribution in [0.2, 0.25) is 0 Å². The third-order valence-electron chi connectivity index (χ3n) is 2.94. The van der Waals surface area contributed by atoms with Crippen LogP contribution in [0, 0.1) is 6.92 Å². The van der Waals surface area contributed by atoms with Crippen molar-refractivity contribution in [3.63, 3.8) is 0 Å². The molecule has 1 aromatic rings. The maximum atomic E-state index is 9.03. The van der Waals surface area contributed by atoms with Gasteiger partial charge in [-0.05, 0) is 32.0 Å². The van der Waals surface area contributed by atoms with E-state index in [4.69, 9.17) is 5.11 Å². The van der Waals surface area contributed by atoms with Gasteiger partial charge in [-0.25, -0.2) is 0 Å². The van der Waals surface area contributed by atoms with Crippen molar-refractivity contribution in [3.05, 3.63) is 29.8 Å². The van der Waals surface area contributed by atoms with E-state index in [0.29, 0.717) is 0 Å². The number of hydrogen-bond acceptors (Lipinski definition) is 3. The van der Waals surface area contributed by atoms with Crippen molar-refractivity contribution in [3.8, 4) is 0 Å². The maximum Gasteiger partial charge on any atom is 0.0558 e. The highest BCUT2D eigenvalue weighted by Gasteiger charge is 2.03. The molecule has 0 aliphatic rings. The van der Waals surface area contributed by atoms with Gasteiger partial charge in [0.05, 0.1) is 6.61 Å². The first-order valence-corrected chi connectivity index (χ1v) is 7.77. The zero-order valence-corrected chi connectivity index (χ0v) is 12.4. The maximum absolute atomic E-state index is 9.03. The summed E-state index contributed by atoms with van der Waals surface area (Å²) in [5.41, 5.74) is 1.31. The van der Waals surface area contributed by atoms with Crippen LogP contribution in [-0.4, -0.2) is 42.0 Å². The first kappa shape index (κ1) is 15.5. The van der Waals surface area contributed by atoms with Gasteiger partial charge in [0.1, 0.15) is 0 Å². The SMILES string of the molecule is CCCCN(CCO)CCSc1ccc(C)cc1. The monoisotopic (exact) mass is 267 g/mol. The van der Waals surface area contributed by atoms with Gasteiger partial charge in [-0.2, -0.15) is 0 Å². The Bertz CT molecular complexity index is 313. The molecule has 0 heterocycles. The van der Waals surface area contributed by atoms with Crippen LogP contribution >= 0.6 is 11.8 Å². The molecule has 0 atom stereocenters. The van der Waals surface area contributed by atoms with Crippen LogP contribution in [0.25, 0.3) is 0 Å². The second kappa shape index (κ2) is 9.42. The molecule has 2 nitrogen and oxygen atoms in total. The van der Waals surface area contributed by atoms with Crippen LogP contribution in [0.15, 0.2) is 29.2 Å². The minimum atomic E-state index is 0.263. The minimum Gasteiger partial charge on any atom is -0.395 e. The first-order valence-electron chi connectivity index (χ1n) is 6.79. The lowest BCUT2D eigenvalue weighted by Gasteiger charge is -2.20. The summed E-state index contributed by atoms with van der Waals surface area (Å²) in [6.45, 7) is 7.54. The van der Waals surface area contributed by atoms with Crippen molar-refractivity contribution in [2.45, 2.75) is 31.6 Å². The molecule has 0 saturated carbocycles. The Balaban J connectivity index is 2.26. The van der Waals surface area contributed by atoms with Gasteiger partial charge in [-0.3, -0.25) is 0 Å². The van der Waals surface area contributed by atoms with Gasteiger partial charge in [0.2, 0.25) is 0 Å². The number of benzene rings is 1. The molecule has 102 valence electrons. The van der Waals surface area contributed by atoms with E-state index < -0.39 is 0 Å². The van der Waals surface area contributed by atoms with E-state index in [0.717, 1.165) is 25.4 Å². The van der Waals surface area contributed by atoms with Crippen molar-refractivity contribution in [1.82, 2.24) is 4.90 Å². The highest BCUT2D eigenvalue weighted by Crippen LogP contribution is 2.18. The Morgan fingerprint density at radius 2 is 1.83 bits per heavy atom. The van der Waals surface area contributed by atoms with Crippen molar-refractivity contribution >= 4 is 11.8 Å². The summed E-state index contributed by atoms with van der Waals surface area (Å²) in [5, 5.41) is 9.03. The Morgan fingerprint density at radius 1 is 1.11 bits per heavy atom. The summed E-state index contributed by atoms with van der Waals surface area (Å²) < 4.78 is 0. The second-order valence-electron chi connectivity index (χ2n) is 4.58. The predicted molar refractivity (Wildman–Crippen MR) is 80.3 cm³/mol. The molecular formula is C15H25NOS. The molecule has 0 bridgehead atoms. The van der Waals surface area contributed by atoms with E-state index >= 15 is 0 Å². The molecule has 0 radical (unpaired) electrons. The van der Waals surface area contributed by atoms with Crippen molar-refractivity contribution in [1.29, 1.82) is 0 Å². The third kappa shape index (κ3) is 6.43. The van der Waals surface area contributed by atoms with Gasteiger partial charge in [0.25, 0.3) is 0 Å². The average Bonchev–Trinajstić information content (AvgIpc) is 2.38. The highest BCUT2D eigenvalue weighted by molar-refractivity contribution is 7.99. The fraction of sp³-hybridized carbons (Fsp3) is 0.600. The van der Waals surface area contributed by atoms with Crippen LogP contribution in [0.5, 0.6) is 0 Å². The molecule has 3 heteroatoms. The molecule has 0 aromatic heterocycles. The number of nitrogens with zero attached hydrogens (tertiary/aromatic N) is 1. The molecule has 0 unspecified atom stereocenters. The van der Waals surface area contributed by atoms with Crippen molar-refractivity contribution < 1.29 is 5.11 Å². The first-order chi connectivity index (χ1) is 8.76. The molecular weight excluding hydrogens is 242 g/mol. The van der Waals surface area contributed by atoms with Crippen LogP contribution in [0.4, 0.5) is 0 Å². The number of aliphatic hydroxyl groups excluding tert-OH is 1. The van der Waals surface area contributed by atoms with E-state index in [9.17, 15) is 0 Å². The van der Waals surface area contributed by atoms with Gasteiger partial charge in [-0.15, -0.1) is 11.8 Å². The Kier molecular flexibility index (Phi) is 8.14. The van der Waals surface area contributed by atoms with Crippen LogP contribution in [-0.2, 0) is 0 Å². The number of aryl methyl sites for hydroxylation is 1. The zero-order chi connectivity index (χ0) is 13.2. The summed E-state index contributed by atoms with van der Waals surface area (Å²) >= 11 is 1.89. The Hall–Kier alpha value is -0.510. The molecule has 0 fully saturated rings. The summed E-state index contributed by atoms with van der Waals surface area (Å²) in [6, 6.07) is 8.68. The largest absolute Gasteiger partial charge is 0.395 e. The normalized spacial score (nSPS) is 11.1. The molecule has 1 aromatic carbocycles. The van der Waals surface area contributed by atoms with Crippen molar-refractivity contribution in [2.75, 3.05) is 32.0 Å². The predicted octanol–water partition coefficient (Wildman–Crippen LogP) is 3.18. The number of unbranched alkanes of at least 4 members (excludes halogenated alkanes) is 1. The molecule has 0 spiro atoms. The lowest BCUT2D eigenvalue weighted by atomic mass is 10.2.